The Morgan fingerprint density at radius 1 is 1.10 bits per heavy atom. The molecule has 2 aromatic rings. The number of benzene rings is 2. The Morgan fingerprint density at radius 3 is 2.55 bits per heavy atom. The predicted octanol–water partition coefficient (Wildman–Crippen LogP) is 2.80. The van der Waals surface area contributed by atoms with Crippen molar-refractivity contribution in [2.24, 2.45) is 0 Å². The second-order valence-corrected chi connectivity index (χ2v) is 7.97. The molecule has 0 fully saturated rings. The Hall–Kier alpha value is -1.30. The van der Waals surface area contributed by atoms with Crippen LogP contribution in [0, 0.1) is 0 Å². The van der Waals surface area contributed by atoms with Gasteiger partial charge in [-0.25, -0.2) is 8.42 Å². The van der Waals surface area contributed by atoms with Crippen LogP contribution in [0.25, 0.3) is 0 Å². The lowest BCUT2D eigenvalue weighted by Crippen LogP contribution is -2.01. The largest absolute Gasteiger partial charge is 0.392 e. The van der Waals surface area contributed by atoms with Crippen LogP contribution < -0.4 is 0 Å². The highest BCUT2D eigenvalue weighted by Gasteiger charge is 2.36. The first kappa shape index (κ1) is 13.7. The average Bonchev–Trinajstić information content (AvgIpc) is 2.71. The number of fused-ring (bicyclic) bond motifs is 1. The fourth-order valence-electron chi connectivity index (χ4n) is 2.49. The van der Waals surface area contributed by atoms with Crippen LogP contribution in [0.5, 0.6) is 0 Å². The van der Waals surface area contributed by atoms with Crippen molar-refractivity contribution in [3.05, 3.63) is 59.7 Å². The van der Waals surface area contributed by atoms with Crippen LogP contribution in [-0.4, -0.2) is 19.3 Å². The third-order valence-corrected chi connectivity index (χ3v) is 6.62. The van der Waals surface area contributed by atoms with Crippen molar-refractivity contribution >= 4 is 21.6 Å². The quantitative estimate of drug-likeness (QED) is 0.947. The van der Waals surface area contributed by atoms with E-state index in [1.54, 1.807) is 18.2 Å². The number of thioether (sulfide) groups is 1. The van der Waals surface area contributed by atoms with Gasteiger partial charge in [0, 0.05) is 4.90 Å². The number of sulfone groups is 1. The second kappa shape index (κ2) is 5.24. The van der Waals surface area contributed by atoms with Gasteiger partial charge in [0.2, 0.25) is 0 Å². The minimum absolute atomic E-state index is 0.0961. The van der Waals surface area contributed by atoms with Crippen molar-refractivity contribution in [2.75, 3.05) is 5.75 Å². The van der Waals surface area contributed by atoms with Gasteiger partial charge in [-0.05, 0) is 29.3 Å². The van der Waals surface area contributed by atoms with Gasteiger partial charge in [-0.15, -0.1) is 11.8 Å². The first-order chi connectivity index (χ1) is 9.62. The maximum atomic E-state index is 12.2. The zero-order chi connectivity index (χ0) is 14.2. The predicted molar refractivity (Wildman–Crippen MR) is 79.5 cm³/mol. The molecule has 0 saturated carbocycles. The summed E-state index contributed by atoms with van der Waals surface area (Å²) in [7, 11) is -3.24. The smallest absolute Gasteiger partial charge is 0.180 e. The Bertz CT molecular complexity index is 724. The van der Waals surface area contributed by atoms with Gasteiger partial charge < -0.3 is 5.11 Å². The van der Waals surface area contributed by atoms with Gasteiger partial charge in [0.25, 0.3) is 0 Å². The van der Waals surface area contributed by atoms with E-state index in [1.165, 1.54) is 11.8 Å². The first-order valence-corrected chi connectivity index (χ1v) is 8.82. The fraction of sp³-hybridized carbons (Fsp3) is 0.200. The summed E-state index contributed by atoms with van der Waals surface area (Å²) in [4.78, 5) is 1.41. The Balaban J connectivity index is 2.05. The third-order valence-electron chi connectivity index (χ3n) is 3.38. The molecule has 0 aromatic heterocycles. The minimum atomic E-state index is -3.24. The molecule has 0 aliphatic carbocycles. The van der Waals surface area contributed by atoms with Gasteiger partial charge in [-0.1, -0.05) is 30.3 Å². The van der Waals surface area contributed by atoms with Crippen LogP contribution in [0.1, 0.15) is 16.4 Å². The van der Waals surface area contributed by atoms with Crippen LogP contribution in [-0.2, 0) is 16.4 Å². The van der Waals surface area contributed by atoms with Crippen LogP contribution >= 0.6 is 11.8 Å². The van der Waals surface area contributed by atoms with Gasteiger partial charge in [-0.3, -0.25) is 0 Å². The van der Waals surface area contributed by atoms with E-state index in [4.69, 9.17) is 0 Å². The zero-order valence-electron chi connectivity index (χ0n) is 10.7. The topological polar surface area (TPSA) is 54.4 Å². The summed E-state index contributed by atoms with van der Waals surface area (Å²) >= 11 is 1.54. The molecule has 20 heavy (non-hydrogen) atoms. The van der Waals surface area contributed by atoms with Crippen molar-refractivity contribution in [2.45, 2.75) is 21.6 Å². The number of rotatable bonds is 3. The van der Waals surface area contributed by atoms with E-state index in [1.807, 2.05) is 30.3 Å². The summed E-state index contributed by atoms with van der Waals surface area (Å²) in [6.07, 6.45) is 0. The molecular formula is C15H14O3S2. The molecule has 1 unspecified atom stereocenters. The van der Waals surface area contributed by atoms with Gasteiger partial charge in [-0.2, -0.15) is 0 Å². The summed E-state index contributed by atoms with van der Waals surface area (Å²) in [5.74, 6) is 0.0961. The van der Waals surface area contributed by atoms with E-state index in [2.05, 4.69) is 0 Å². The van der Waals surface area contributed by atoms with E-state index in [0.717, 1.165) is 10.5 Å². The van der Waals surface area contributed by atoms with Gasteiger partial charge in [0.05, 0.1) is 22.5 Å². The monoisotopic (exact) mass is 306 g/mol. The summed E-state index contributed by atoms with van der Waals surface area (Å²) in [5.41, 5.74) is 1.47. The Kier molecular flexibility index (Phi) is 3.58. The van der Waals surface area contributed by atoms with Crippen molar-refractivity contribution in [3.8, 4) is 0 Å². The molecule has 1 aliphatic heterocycles. The molecular weight excluding hydrogens is 292 g/mol. The highest BCUT2D eigenvalue weighted by Crippen LogP contribution is 2.46. The molecule has 0 bridgehead atoms. The first-order valence-electron chi connectivity index (χ1n) is 6.29. The molecule has 1 heterocycles. The van der Waals surface area contributed by atoms with E-state index < -0.39 is 9.84 Å². The van der Waals surface area contributed by atoms with Crippen LogP contribution in [0.15, 0.2) is 58.3 Å². The zero-order valence-corrected chi connectivity index (χ0v) is 12.3. The molecule has 5 heteroatoms. The van der Waals surface area contributed by atoms with Gasteiger partial charge >= 0.3 is 0 Å². The number of hydrogen-bond acceptors (Lipinski definition) is 4. The van der Waals surface area contributed by atoms with Crippen LogP contribution in [0.3, 0.4) is 0 Å². The molecule has 1 aliphatic rings. The maximum absolute atomic E-state index is 12.2. The lowest BCUT2D eigenvalue weighted by atomic mass is 10.1. The second-order valence-electron chi connectivity index (χ2n) is 4.69. The van der Waals surface area contributed by atoms with Crippen molar-refractivity contribution < 1.29 is 13.5 Å². The average molecular weight is 306 g/mol. The van der Waals surface area contributed by atoms with Gasteiger partial charge in [0.15, 0.2) is 9.84 Å². The number of aliphatic hydroxyl groups excluding tert-OH is 1. The lowest BCUT2D eigenvalue weighted by Gasteiger charge is -2.13. The molecule has 2 aromatic carbocycles. The highest BCUT2D eigenvalue weighted by molar-refractivity contribution is 8.01. The van der Waals surface area contributed by atoms with Gasteiger partial charge in [0.1, 0.15) is 0 Å². The van der Waals surface area contributed by atoms with E-state index in [0.29, 0.717) is 10.5 Å². The fourth-order valence-corrected chi connectivity index (χ4v) is 6.05. The molecule has 3 nitrogen and oxygen atoms in total. The Labute approximate surface area is 122 Å². The standard InChI is InChI=1S/C15H14O3S2/c16-9-11-5-4-8-14-15(11)13(10-20(14,17)18)19-12-6-2-1-3-7-12/h1-8,13,16H,9-10H2. The lowest BCUT2D eigenvalue weighted by molar-refractivity contribution is 0.280. The molecule has 1 N–H and O–H groups in total. The van der Waals surface area contributed by atoms with E-state index in [-0.39, 0.29) is 17.6 Å². The molecule has 104 valence electrons. The van der Waals surface area contributed by atoms with E-state index >= 15 is 0 Å². The molecule has 0 spiro atoms. The van der Waals surface area contributed by atoms with Crippen molar-refractivity contribution in [3.63, 3.8) is 0 Å². The molecule has 1 atom stereocenters. The number of aliphatic hydroxyl groups is 1. The highest BCUT2D eigenvalue weighted by atomic mass is 32.2. The van der Waals surface area contributed by atoms with Crippen LogP contribution in [0.2, 0.25) is 0 Å². The third kappa shape index (κ3) is 2.37. The Morgan fingerprint density at radius 2 is 1.85 bits per heavy atom. The minimum Gasteiger partial charge on any atom is -0.392 e. The maximum Gasteiger partial charge on any atom is 0.180 e. The summed E-state index contributed by atoms with van der Waals surface area (Å²) in [6.45, 7) is -0.134. The van der Waals surface area contributed by atoms with E-state index in [9.17, 15) is 13.5 Å². The normalized spacial score (nSPS) is 19.8. The molecule has 0 radical (unpaired) electrons. The van der Waals surface area contributed by atoms with Crippen molar-refractivity contribution in [1.82, 2.24) is 0 Å². The SMILES string of the molecule is O=S1(=O)CC(Sc2ccccc2)c2c(CO)cccc21. The molecule has 3 rings (SSSR count). The molecule has 0 saturated heterocycles. The summed E-state index contributed by atoms with van der Waals surface area (Å²) < 4.78 is 24.5. The number of hydrogen-bond donors (Lipinski definition) is 1. The van der Waals surface area contributed by atoms with Crippen molar-refractivity contribution in [1.29, 1.82) is 0 Å². The molecule has 0 amide bonds. The summed E-state index contributed by atoms with van der Waals surface area (Å²) in [6, 6.07) is 14.9. The summed E-state index contributed by atoms with van der Waals surface area (Å²) in [5, 5.41) is 9.30. The van der Waals surface area contributed by atoms with Crippen LogP contribution in [0.4, 0.5) is 0 Å².